The SMILES string of the molecule is CCCCC/C=C\C/C=C\CCCCCCCC(=O)OCC(COC(=O)CCCCCCCCCCCCCCCCCCCCCCCCCC)OC(=O)CCCCCCCCCCC/C=C\CCCCCCCCCC. The van der Waals surface area contributed by atoms with Gasteiger partial charge in [-0.05, 0) is 77.0 Å². The Labute approximate surface area is 486 Å². The normalized spacial score (nSPS) is 12.2. The van der Waals surface area contributed by atoms with Crippen molar-refractivity contribution in [1.82, 2.24) is 0 Å². The molecule has 78 heavy (non-hydrogen) atoms. The highest BCUT2D eigenvalue weighted by atomic mass is 16.6. The van der Waals surface area contributed by atoms with Crippen molar-refractivity contribution in [3.63, 3.8) is 0 Å². The molecule has 0 amide bonds. The number of allylic oxidation sites excluding steroid dienone is 6. The van der Waals surface area contributed by atoms with Gasteiger partial charge >= 0.3 is 17.9 Å². The van der Waals surface area contributed by atoms with Gasteiger partial charge in [-0.2, -0.15) is 0 Å². The van der Waals surface area contributed by atoms with Crippen LogP contribution >= 0.6 is 0 Å². The summed E-state index contributed by atoms with van der Waals surface area (Å²) < 4.78 is 17.0. The van der Waals surface area contributed by atoms with E-state index in [4.69, 9.17) is 14.2 Å². The molecule has 0 radical (unpaired) electrons. The third kappa shape index (κ3) is 64.5. The Morgan fingerprint density at radius 1 is 0.256 bits per heavy atom. The smallest absolute Gasteiger partial charge is 0.306 e. The molecule has 458 valence electrons. The highest BCUT2D eigenvalue weighted by Gasteiger charge is 2.19. The summed E-state index contributed by atoms with van der Waals surface area (Å²) >= 11 is 0. The Balaban J connectivity index is 4.28. The van der Waals surface area contributed by atoms with Crippen LogP contribution in [0.15, 0.2) is 36.5 Å². The van der Waals surface area contributed by atoms with Crippen LogP contribution in [0.5, 0.6) is 0 Å². The zero-order valence-electron chi connectivity index (χ0n) is 52.7. The number of carbonyl (C=O) groups is 3. The Kier molecular flexibility index (Phi) is 65.1. The lowest BCUT2D eigenvalue weighted by Crippen LogP contribution is -2.30. The molecule has 0 aliphatic rings. The van der Waals surface area contributed by atoms with E-state index in [-0.39, 0.29) is 31.1 Å². The molecule has 6 nitrogen and oxygen atoms in total. The first-order valence-electron chi connectivity index (χ1n) is 35.0. The molecular formula is C72H134O6. The van der Waals surface area contributed by atoms with E-state index < -0.39 is 6.10 Å². The van der Waals surface area contributed by atoms with Crippen LogP contribution < -0.4 is 0 Å². The van der Waals surface area contributed by atoms with E-state index >= 15 is 0 Å². The fourth-order valence-corrected chi connectivity index (χ4v) is 10.6. The highest BCUT2D eigenvalue weighted by Crippen LogP contribution is 2.18. The van der Waals surface area contributed by atoms with Gasteiger partial charge in [0.15, 0.2) is 6.10 Å². The maximum Gasteiger partial charge on any atom is 0.306 e. The van der Waals surface area contributed by atoms with E-state index in [2.05, 4.69) is 57.2 Å². The van der Waals surface area contributed by atoms with Crippen molar-refractivity contribution in [3.8, 4) is 0 Å². The maximum atomic E-state index is 12.9. The molecule has 0 aromatic rings. The third-order valence-corrected chi connectivity index (χ3v) is 15.9. The van der Waals surface area contributed by atoms with Crippen molar-refractivity contribution in [2.75, 3.05) is 13.2 Å². The summed E-state index contributed by atoms with van der Waals surface area (Å²) in [6.07, 6.45) is 83.1. The number of hydrogen-bond donors (Lipinski definition) is 0. The van der Waals surface area contributed by atoms with Crippen molar-refractivity contribution in [2.24, 2.45) is 0 Å². The predicted molar refractivity (Wildman–Crippen MR) is 339 cm³/mol. The van der Waals surface area contributed by atoms with Crippen LogP contribution in [0, 0.1) is 0 Å². The zero-order valence-corrected chi connectivity index (χ0v) is 52.7. The van der Waals surface area contributed by atoms with Gasteiger partial charge in [-0.25, -0.2) is 0 Å². The summed E-state index contributed by atoms with van der Waals surface area (Å²) in [5.74, 6) is -0.861. The van der Waals surface area contributed by atoms with E-state index in [0.29, 0.717) is 19.3 Å². The van der Waals surface area contributed by atoms with E-state index in [1.807, 2.05) is 0 Å². The second kappa shape index (κ2) is 67.1. The number of unbranched alkanes of at least 4 members (excludes halogenated alkanes) is 48. The van der Waals surface area contributed by atoms with Crippen molar-refractivity contribution in [1.29, 1.82) is 0 Å². The quantitative estimate of drug-likeness (QED) is 0.0261. The molecule has 0 heterocycles. The number of rotatable bonds is 65. The average molecular weight is 1100 g/mol. The van der Waals surface area contributed by atoms with Crippen molar-refractivity contribution in [3.05, 3.63) is 36.5 Å². The summed E-state index contributed by atoms with van der Waals surface area (Å²) in [5, 5.41) is 0. The molecule has 0 saturated carbocycles. The van der Waals surface area contributed by atoms with E-state index in [0.717, 1.165) is 77.0 Å². The third-order valence-electron chi connectivity index (χ3n) is 15.9. The van der Waals surface area contributed by atoms with Crippen LogP contribution in [0.2, 0.25) is 0 Å². The summed E-state index contributed by atoms with van der Waals surface area (Å²) in [6, 6.07) is 0. The number of hydrogen-bond acceptors (Lipinski definition) is 6. The van der Waals surface area contributed by atoms with E-state index in [9.17, 15) is 14.4 Å². The van der Waals surface area contributed by atoms with Gasteiger partial charge in [0.1, 0.15) is 13.2 Å². The van der Waals surface area contributed by atoms with Gasteiger partial charge in [0.2, 0.25) is 0 Å². The van der Waals surface area contributed by atoms with Crippen LogP contribution in [0.3, 0.4) is 0 Å². The van der Waals surface area contributed by atoms with Crippen molar-refractivity contribution < 1.29 is 28.6 Å². The Bertz CT molecular complexity index is 1300. The molecule has 1 unspecified atom stereocenters. The lowest BCUT2D eigenvalue weighted by atomic mass is 10.0. The monoisotopic (exact) mass is 1100 g/mol. The molecule has 0 aliphatic heterocycles. The molecule has 0 saturated heterocycles. The standard InChI is InChI=1S/C72H134O6/c1-4-7-10-13-16-19-22-25-28-30-32-34-35-36-38-39-41-44-47-50-53-56-59-62-65-71(74)77-68-69(67-76-70(73)64-61-58-55-52-49-46-43-27-24-21-18-15-12-9-6-3)78-72(75)66-63-60-57-54-51-48-45-42-40-37-33-31-29-26-23-20-17-14-11-8-5-2/h18,21,27,31,33,43,69H,4-17,19-20,22-26,28-30,32,34-42,44-68H2,1-3H3/b21-18-,33-31-,43-27-. The lowest BCUT2D eigenvalue weighted by Gasteiger charge is -2.18. The molecule has 0 fully saturated rings. The summed E-state index contributed by atoms with van der Waals surface area (Å²) in [5.41, 5.74) is 0. The maximum absolute atomic E-state index is 12.9. The fraction of sp³-hybridized carbons (Fsp3) is 0.875. The van der Waals surface area contributed by atoms with Gasteiger partial charge in [-0.1, -0.05) is 327 Å². The van der Waals surface area contributed by atoms with E-state index in [1.165, 1.54) is 270 Å². The molecular weight excluding hydrogens is 961 g/mol. The van der Waals surface area contributed by atoms with Crippen LogP contribution in [0.1, 0.15) is 387 Å². The van der Waals surface area contributed by atoms with Gasteiger partial charge in [0, 0.05) is 19.3 Å². The summed E-state index contributed by atoms with van der Waals surface area (Å²) in [6.45, 7) is 6.67. The van der Waals surface area contributed by atoms with Gasteiger partial charge in [-0.3, -0.25) is 14.4 Å². The molecule has 0 N–H and O–H groups in total. The van der Waals surface area contributed by atoms with E-state index in [1.54, 1.807) is 0 Å². The van der Waals surface area contributed by atoms with Gasteiger partial charge in [-0.15, -0.1) is 0 Å². The summed E-state index contributed by atoms with van der Waals surface area (Å²) in [7, 11) is 0. The molecule has 0 bridgehead atoms. The van der Waals surface area contributed by atoms with Gasteiger partial charge in [0.05, 0.1) is 0 Å². The fourth-order valence-electron chi connectivity index (χ4n) is 10.6. The molecule has 0 spiro atoms. The first-order valence-corrected chi connectivity index (χ1v) is 35.0. The minimum absolute atomic E-state index is 0.0729. The van der Waals surface area contributed by atoms with Crippen LogP contribution in [0.4, 0.5) is 0 Å². The van der Waals surface area contributed by atoms with Crippen molar-refractivity contribution >= 4 is 17.9 Å². The number of ether oxygens (including phenoxy) is 3. The Morgan fingerprint density at radius 3 is 0.744 bits per heavy atom. The lowest BCUT2D eigenvalue weighted by molar-refractivity contribution is -0.167. The molecule has 1 atom stereocenters. The van der Waals surface area contributed by atoms with Crippen molar-refractivity contribution in [2.45, 2.75) is 393 Å². The minimum Gasteiger partial charge on any atom is -0.462 e. The number of esters is 3. The zero-order chi connectivity index (χ0) is 56.4. The molecule has 0 aromatic heterocycles. The number of carbonyl (C=O) groups excluding carboxylic acids is 3. The van der Waals surface area contributed by atoms with Gasteiger partial charge in [0.25, 0.3) is 0 Å². The van der Waals surface area contributed by atoms with Crippen LogP contribution in [0.25, 0.3) is 0 Å². The van der Waals surface area contributed by atoms with Crippen LogP contribution in [-0.4, -0.2) is 37.2 Å². The molecule has 0 aliphatic carbocycles. The second-order valence-corrected chi connectivity index (χ2v) is 23.8. The molecule has 0 aromatic carbocycles. The predicted octanol–water partition coefficient (Wildman–Crippen LogP) is 23.9. The first kappa shape index (κ1) is 75.6. The topological polar surface area (TPSA) is 78.9 Å². The second-order valence-electron chi connectivity index (χ2n) is 23.8. The minimum atomic E-state index is -0.778. The average Bonchev–Trinajstić information content (AvgIpc) is 3.44. The Morgan fingerprint density at radius 2 is 0.462 bits per heavy atom. The van der Waals surface area contributed by atoms with Gasteiger partial charge < -0.3 is 14.2 Å². The largest absolute Gasteiger partial charge is 0.462 e. The van der Waals surface area contributed by atoms with Crippen LogP contribution in [-0.2, 0) is 28.6 Å². The molecule has 0 rings (SSSR count). The first-order chi connectivity index (χ1) is 38.5. The molecule has 6 heteroatoms. The summed E-state index contributed by atoms with van der Waals surface area (Å²) in [4.78, 5) is 38.4. The highest BCUT2D eigenvalue weighted by molar-refractivity contribution is 5.71. The Hall–Kier alpha value is -2.37.